The van der Waals surface area contributed by atoms with Gasteiger partial charge >= 0.3 is 6.03 Å². The van der Waals surface area contributed by atoms with Crippen molar-refractivity contribution in [3.63, 3.8) is 0 Å². The first-order chi connectivity index (χ1) is 14.5. The maximum absolute atomic E-state index is 13.5. The monoisotopic (exact) mass is 414 g/mol. The van der Waals surface area contributed by atoms with Crippen LogP contribution in [0.5, 0.6) is 0 Å². The predicted octanol–water partition coefficient (Wildman–Crippen LogP) is 3.78. The third-order valence-electron chi connectivity index (χ3n) is 5.46. The zero-order chi connectivity index (χ0) is 21.5. The van der Waals surface area contributed by atoms with Gasteiger partial charge in [-0.25, -0.2) is 9.18 Å². The molecule has 30 heavy (non-hydrogen) atoms. The summed E-state index contributed by atoms with van der Waals surface area (Å²) < 4.78 is 15.6. The lowest BCUT2D eigenvalue weighted by molar-refractivity contribution is -0.134. The van der Waals surface area contributed by atoms with Gasteiger partial charge in [-0.05, 0) is 42.7 Å². The Bertz CT molecular complexity index is 849. The maximum Gasteiger partial charge on any atom is 0.317 e. The summed E-state index contributed by atoms with van der Waals surface area (Å²) >= 11 is 0. The molecule has 1 aromatic heterocycles. The molecular formula is C23H31FN4O2. The number of halogens is 1. The zero-order valence-corrected chi connectivity index (χ0v) is 17.8. The van der Waals surface area contributed by atoms with Crippen LogP contribution in [0.25, 0.3) is 0 Å². The van der Waals surface area contributed by atoms with Crippen molar-refractivity contribution in [2.75, 3.05) is 26.2 Å². The summed E-state index contributed by atoms with van der Waals surface area (Å²) in [6.45, 7) is 6.47. The van der Waals surface area contributed by atoms with E-state index in [1.807, 2.05) is 30.2 Å². The molecular weight excluding hydrogens is 383 g/mol. The number of hydrogen-bond donors (Lipinski definition) is 1. The quantitative estimate of drug-likeness (QED) is 0.669. The minimum absolute atomic E-state index is 0.0319. The number of rotatable bonds is 8. The molecule has 1 aromatic carbocycles. The van der Waals surface area contributed by atoms with E-state index >= 15 is 0 Å². The Hall–Kier alpha value is -2.83. The van der Waals surface area contributed by atoms with Gasteiger partial charge in [-0.1, -0.05) is 32.4 Å². The number of hydrogen-bond acceptors (Lipinski definition) is 2. The Labute approximate surface area is 177 Å². The molecule has 0 aliphatic carbocycles. The van der Waals surface area contributed by atoms with Gasteiger partial charge in [0.1, 0.15) is 12.4 Å². The van der Waals surface area contributed by atoms with Crippen molar-refractivity contribution in [2.24, 2.45) is 0 Å². The molecule has 7 heteroatoms. The molecule has 1 atom stereocenters. The highest BCUT2D eigenvalue weighted by Gasteiger charge is 2.33. The van der Waals surface area contributed by atoms with E-state index in [-0.39, 0.29) is 30.3 Å². The van der Waals surface area contributed by atoms with Gasteiger partial charge in [-0.15, -0.1) is 0 Å². The Kier molecular flexibility index (Phi) is 7.49. The summed E-state index contributed by atoms with van der Waals surface area (Å²) in [5.74, 6) is -0.406. The fourth-order valence-corrected chi connectivity index (χ4v) is 3.91. The van der Waals surface area contributed by atoms with Crippen molar-refractivity contribution in [1.29, 1.82) is 0 Å². The van der Waals surface area contributed by atoms with Gasteiger partial charge in [0, 0.05) is 38.1 Å². The minimum Gasteiger partial charge on any atom is -0.348 e. The standard InChI is InChI=1S/C23H31FN4O2/c1-3-5-12-25-23(30)27(13-4-2)17-21(29)28-16-15-26-14-6-7-20(26)22(28)18-8-10-19(24)11-9-18/h6-11,14,22H,3-5,12-13,15-17H2,1-2H3,(H,25,30). The molecule has 3 rings (SSSR count). The van der Waals surface area contributed by atoms with Crippen LogP contribution < -0.4 is 5.32 Å². The largest absolute Gasteiger partial charge is 0.348 e. The van der Waals surface area contributed by atoms with Gasteiger partial charge in [0.15, 0.2) is 0 Å². The number of carbonyl (C=O) groups is 2. The van der Waals surface area contributed by atoms with Crippen LogP contribution >= 0.6 is 0 Å². The molecule has 2 aromatic rings. The van der Waals surface area contributed by atoms with E-state index in [9.17, 15) is 14.0 Å². The van der Waals surface area contributed by atoms with Crippen LogP contribution in [0.1, 0.15) is 50.4 Å². The molecule has 1 aliphatic rings. The van der Waals surface area contributed by atoms with Gasteiger partial charge in [0.2, 0.25) is 5.91 Å². The number of nitrogens with one attached hydrogen (secondary N) is 1. The van der Waals surface area contributed by atoms with Crippen molar-refractivity contribution in [1.82, 2.24) is 19.7 Å². The smallest absolute Gasteiger partial charge is 0.317 e. The molecule has 162 valence electrons. The average molecular weight is 415 g/mol. The van der Waals surface area contributed by atoms with E-state index in [2.05, 4.69) is 16.8 Å². The van der Waals surface area contributed by atoms with Crippen molar-refractivity contribution < 1.29 is 14.0 Å². The predicted molar refractivity (Wildman–Crippen MR) is 115 cm³/mol. The van der Waals surface area contributed by atoms with Crippen molar-refractivity contribution >= 4 is 11.9 Å². The van der Waals surface area contributed by atoms with E-state index in [1.165, 1.54) is 12.1 Å². The van der Waals surface area contributed by atoms with Crippen molar-refractivity contribution in [2.45, 2.75) is 45.7 Å². The number of unbranched alkanes of at least 4 members (excludes halogenated alkanes) is 1. The molecule has 0 saturated carbocycles. The first-order valence-corrected chi connectivity index (χ1v) is 10.8. The highest BCUT2D eigenvalue weighted by atomic mass is 19.1. The summed E-state index contributed by atoms with van der Waals surface area (Å²) in [6.07, 6.45) is 4.69. The molecule has 1 N–H and O–H groups in total. The van der Waals surface area contributed by atoms with Crippen LogP contribution in [0.15, 0.2) is 42.6 Å². The number of carbonyl (C=O) groups excluding carboxylic acids is 2. The summed E-state index contributed by atoms with van der Waals surface area (Å²) in [4.78, 5) is 29.3. The number of aromatic nitrogens is 1. The van der Waals surface area contributed by atoms with Crippen molar-refractivity contribution in [3.05, 3.63) is 59.7 Å². The zero-order valence-electron chi connectivity index (χ0n) is 17.8. The lowest BCUT2D eigenvalue weighted by Crippen LogP contribution is -2.50. The average Bonchev–Trinajstić information content (AvgIpc) is 3.22. The van der Waals surface area contributed by atoms with Crippen LogP contribution in [-0.2, 0) is 11.3 Å². The van der Waals surface area contributed by atoms with E-state index < -0.39 is 0 Å². The lowest BCUT2D eigenvalue weighted by Gasteiger charge is -2.38. The second-order valence-electron chi connectivity index (χ2n) is 7.67. The molecule has 0 spiro atoms. The van der Waals surface area contributed by atoms with Crippen LogP contribution in [0.2, 0.25) is 0 Å². The topological polar surface area (TPSA) is 57.6 Å². The molecule has 0 radical (unpaired) electrons. The first kappa shape index (κ1) is 21.9. The fraction of sp³-hybridized carbons (Fsp3) is 0.478. The van der Waals surface area contributed by atoms with Gasteiger partial charge in [-0.2, -0.15) is 0 Å². The number of fused-ring (bicyclic) bond motifs is 1. The summed E-state index contributed by atoms with van der Waals surface area (Å²) in [7, 11) is 0. The molecule has 6 nitrogen and oxygen atoms in total. The number of urea groups is 1. The van der Waals surface area contributed by atoms with E-state index in [0.29, 0.717) is 26.2 Å². The molecule has 0 saturated heterocycles. The Morgan fingerprint density at radius 1 is 1.13 bits per heavy atom. The number of amides is 3. The molecule has 0 bridgehead atoms. The van der Waals surface area contributed by atoms with Gasteiger partial charge in [-0.3, -0.25) is 4.79 Å². The van der Waals surface area contributed by atoms with Gasteiger partial charge < -0.3 is 19.7 Å². The lowest BCUT2D eigenvalue weighted by atomic mass is 9.99. The summed E-state index contributed by atoms with van der Waals surface area (Å²) in [5.41, 5.74) is 1.86. The van der Waals surface area contributed by atoms with E-state index in [4.69, 9.17) is 0 Å². The second kappa shape index (κ2) is 10.3. The SMILES string of the molecule is CCCCNC(=O)N(CCC)CC(=O)N1CCn2cccc2C1c1ccc(F)cc1. The molecule has 1 aliphatic heterocycles. The van der Waals surface area contributed by atoms with E-state index in [1.54, 1.807) is 17.0 Å². The maximum atomic E-state index is 13.5. The molecule has 3 amide bonds. The number of benzene rings is 1. The molecule has 1 unspecified atom stereocenters. The summed E-state index contributed by atoms with van der Waals surface area (Å²) in [5, 5.41) is 2.91. The van der Waals surface area contributed by atoms with Gasteiger partial charge in [0.05, 0.1) is 6.04 Å². The van der Waals surface area contributed by atoms with Crippen LogP contribution in [-0.4, -0.2) is 52.5 Å². The van der Waals surface area contributed by atoms with E-state index in [0.717, 1.165) is 30.5 Å². The van der Waals surface area contributed by atoms with Crippen LogP contribution in [0.4, 0.5) is 9.18 Å². The summed E-state index contributed by atoms with van der Waals surface area (Å²) in [6, 6.07) is 9.76. The number of nitrogens with zero attached hydrogens (tertiary/aromatic N) is 3. The van der Waals surface area contributed by atoms with Crippen molar-refractivity contribution in [3.8, 4) is 0 Å². The normalized spacial score (nSPS) is 15.6. The third kappa shape index (κ3) is 5.01. The molecule has 0 fully saturated rings. The van der Waals surface area contributed by atoms with Crippen LogP contribution in [0.3, 0.4) is 0 Å². The Morgan fingerprint density at radius 2 is 1.90 bits per heavy atom. The Morgan fingerprint density at radius 3 is 2.60 bits per heavy atom. The highest BCUT2D eigenvalue weighted by molar-refractivity contribution is 5.84. The molecule has 2 heterocycles. The fourth-order valence-electron chi connectivity index (χ4n) is 3.91. The third-order valence-corrected chi connectivity index (χ3v) is 5.46. The second-order valence-corrected chi connectivity index (χ2v) is 7.67. The Balaban J connectivity index is 1.80. The minimum atomic E-state index is -0.305. The first-order valence-electron chi connectivity index (χ1n) is 10.8. The highest BCUT2D eigenvalue weighted by Crippen LogP contribution is 2.32. The van der Waals surface area contributed by atoms with Crippen LogP contribution in [0, 0.1) is 5.82 Å². The van der Waals surface area contributed by atoms with Gasteiger partial charge in [0.25, 0.3) is 0 Å².